The van der Waals surface area contributed by atoms with Crippen LogP contribution in [0.2, 0.25) is 0 Å². The van der Waals surface area contributed by atoms with Gasteiger partial charge in [-0.3, -0.25) is 0 Å². The van der Waals surface area contributed by atoms with Gasteiger partial charge in [-0.25, -0.2) is 0 Å². The third-order valence-electron chi connectivity index (χ3n) is 2.71. The molecule has 13 heavy (non-hydrogen) atoms. The Labute approximate surface area is 87.7 Å². The molecule has 0 aliphatic heterocycles. The van der Waals surface area contributed by atoms with Crippen LogP contribution in [0.3, 0.4) is 0 Å². The summed E-state index contributed by atoms with van der Waals surface area (Å²) in [7, 11) is 0. The quantitative estimate of drug-likeness (QED) is 0.408. The summed E-state index contributed by atoms with van der Waals surface area (Å²) in [6.07, 6.45) is 11.1. The molecule has 0 aromatic rings. The molecule has 0 spiro atoms. The van der Waals surface area contributed by atoms with Crippen LogP contribution in [0.5, 0.6) is 0 Å². The lowest BCUT2D eigenvalue weighted by Crippen LogP contribution is -2.12. The van der Waals surface area contributed by atoms with E-state index in [0.717, 1.165) is 12.4 Å². The van der Waals surface area contributed by atoms with Gasteiger partial charge in [-0.1, -0.05) is 25.7 Å². The standard InChI is InChI=1S/C11H22OS/c13-10-6-5-9-12-11-7-3-1-2-4-8-11/h11,13H,1-10H2. The highest BCUT2D eigenvalue weighted by molar-refractivity contribution is 7.80. The molecule has 0 radical (unpaired) electrons. The fourth-order valence-corrected chi connectivity index (χ4v) is 2.10. The second-order valence-electron chi connectivity index (χ2n) is 3.92. The van der Waals surface area contributed by atoms with E-state index in [1.807, 2.05) is 0 Å². The van der Waals surface area contributed by atoms with Crippen LogP contribution in [0.4, 0.5) is 0 Å². The van der Waals surface area contributed by atoms with Gasteiger partial charge in [-0.15, -0.1) is 0 Å². The van der Waals surface area contributed by atoms with E-state index in [1.54, 1.807) is 0 Å². The van der Waals surface area contributed by atoms with Crippen molar-refractivity contribution in [2.24, 2.45) is 0 Å². The Bertz CT molecular complexity index is 109. The molecule has 0 amide bonds. The summed E-state index contributed by atoms with van der Waals surface area (Å²) >= 11 is 4.18. The second kappa shape index (κ2) is 7.69. The van der Waals surface area contributed by atoms with E-state index in [9.17, 15) is 0 Å². The van der Waals surface area contributed by atoms with Crippen LogP contribution in [0.15, 0.2) is 0 Å². The predicted molar refractivity (Wildman–Crippen MR) is 60.5 cm³/mol. The molecule has 0 N–H and O–H groups in total. The molecule has 78 valence electrons. The summed E-state index contributed by atoms with van der Waals surface area (Å²) in [5, 5.41) is 0. The minimum Gasteiger partial charge on any atom is -0.378 e. The van der Waals surface area contributed by atoms with Crippen LogP contribution >= 0.6 is 12.6 Å². The lowest BCUT2D eigenvalue weighted by atomic mass is 10.1. The van der Waals surface area contributed by atoms with Crippen molar-refractivity contribution in [2.75, 3.05) is 12.4 Å². The van der Waals surface area contributed by atoms with Gasteiger partial charge in [0.05, 0.1) is 6.10 Å². The number of thiol groups is 1. The van der Waals surface area contributed by atoms with Crippen molar-refractivity contribution in [2.45, 2.75) is 57.5 Å². The van der Waals surface area contributed by atoms with Crippen LogP contribution in [0, 0.1) is 0 Å². The van der Waals surface area contributed by atoms with Gasteiger partial charge in [0, 0.05) is 6.61 Å². The molecule has 1 fully saturated rings. The Balaban J connectivity index is 1.98. The smallest absolute Gasteiger partial charge is 0.0575 e. The molecule has 0 unspecified atom stereocenters. The second-order valence-corrected chi connectivity index (χ2v) is 4.36. The number of hydrogen-bond acceptors (Lipinski definition) is 2. The topological polar surface area (TPSA) is 9.23 Å². The van der Waals surface area contributed by atoms with Crippen molar-refractivity contribution >= 4 is 12.6 Å². The first-order valence-electron chi connectivity index (χ1n) is 5.66. The molecule has 1 aliphatic carbocycles. The highest BCUT2D eigenvalue weighted by atomic mass is 32.1. The molecule has 0 aromatic heterocycles. The summed E-state index contributed by atoms with van der Waals surface area (Å²) in [6.45, 7) is 0.950. The molecule has 1 saturated carbocycles. The first-order valence-corrected chi connectivity index (χ1v) is 6.29. The van der Waals surface area contributed by atoms with E-state index >= 15 is 0 Å². The van der Waals surface area contributed by atoms with Crippen molar-refractivity contribution in [1.29, 1.82) is 0 Å². The van der Waals surface area contributed by atoms with Crippen molar-refractivity contribution in [1.82, 2.24) is 0 Å². The summed E-state index contributed by atoms with van der Waals surface area (Å²) in [5.74, 6) is 0.994. The molecule has 0 heterocycles. The molecule has 1 aliphatic rings. The lowest BCUT2D eigenvalue weighted by Gasteiger charge is -2.14. The Morgan fingerprint density at radius 2 is 1.69 bits per heavy atom. The zero-order valence-electron chi connectivity index (χ0n) is 8.50. The Kier molecular flexibility index (Phi) is 6.73. The van der Waals surface area contributed by atoms with Gasteiger partial charge < -0.3 is 4.74 Å². The Hall–Kier alpha value is 0.310. The largest absolute Gasteiger partial charge is 0.378 e. The van der Waals surface area contributed by atoms with E-state index in [-0.39, 0.29) is 0 Å². The summed E-state index contributed by atoms with van der Waals surface area (Å²) in [5.41, 5.74) is 0. The summed E-state index contributed by atoms with van der Waals surface area (Å²) in [4.78, 5) is 0. The van der Waals surface area contributed by atoms with Gasteiger partial charge in [0.15, 0.2) is 0 Å². The van der Waals surface area contributed by atoms with Gasteiger partial charge >= 0.3 is 0 Å². The van der Waals surface area contributed by atoms with Crippen molar-refractivity contribution in [3.8, 4) is 0 Å². The van der Waals surface area contributed by atoms with Gasteiger partial charge in [0.2, 0.25) is 0 Å². The maximum atomic E-state index is 5.83. The van der Waals surface area contributed by atoms with Crippen LogP contribution in [-0.2, 0) is 4.74 Å². The molecular formula is C11H22OS. The van der Waals surface area contributed by atoms with Crippen LogP contribution in [0.25, 0.3) is 0 Å². The molecule has 1 rings (SSSR count). The van der Waals surface area contributed by atoms with E-state index in [1.165, 1.54) is 51.4 Å². The minimum absolute atomic E-state index is 0.572. The zero-order chi connectivity index (χ0) is 9.36. The third kappa shape index (κ3) is 5.58. The van der Waals surface area contributed by atoms with Gasteiger partial charge in [0.1, 0.15) is 0 Å². The zero-order valence-corrected chi connectivity index (χ0v) is 9.40. The Morgan fingerprint density at radius 1 is 1.00 bits per heavy atom. The Morgan fingerprint density at radius 3 is 2.31 bits per heavy atom. The summed E-state index contributed by atoms with van der Waals surface area (Å²) in [6, 6.07) is 0. The van der Waals surface area contributed by atoms with Crippen LogP contribution < -0.4 is 0 Å². The molecule has 1 nitrogen and oxygen atoms in total. The predicted octanol–water partition coefficient (Wildman–Crippen LogP) is 3.44. The normalized spacial score (nSPS) is 20.1. The molecule has 0 saturated heterocycles. The average molecular weight is 202 g/mol. The van der Waals surface area contributed by atoms with Crippen LogP contribution in [0.1, 0.15) is 51.4 Å². The van der Waals surface area contributed by atoms with Crippen molar-refractivity contribution < 1.29 is 4.74 Å². The monoisotopic (exact) mass is 202 g/mol. The molecule has 2 heteroatoms. The number of hydrogen-bond donors (Lipinski definition) is 1. The van der Waals surface area contributed by atoms with E-state index in [0.29, 0.717) is 6.10 Å². The lowest BCUT2D eigenvalue weighted by molar-refractivity contribution is 0.0416. The van der Waals surface area contributed by atoms with Gasteiger partial charge in [-0.05, 0) is 31.4 Å². The molecular weight excluding hydrogens is 180 g/mol. The van der Waals surface area contributed by atoms with E-state index in [2.05, 4.69) is 12.6 Å². The maximum absolute atomic E-state index is 5.83. The minimum atomic E-state index is 0.572. The molecule has 0 atom stereocenters. The summed E-state index contributed by atoms with van der Waals surface area (Å²) < 4.78 is 5.83. The highest BCUT2D eigenvalue weighted by Gasteiger charge is 2.11. The van der Waals surface area contributed by atoms with E-state index < -0.39 is 0 Å². The van der Waals surface area contributed by atoms with Gasteiger partial charge in [0.25, 0.3) is 0 Å². The van der Waals surface area contributed by atoms with E-state index in [4.69, 9.17) is 4.74 Å². The molecule has 0 aromatic carbocycles. The molecule has 0 bridgehead atoms. The number of rotatable bonds is 5. The number of unbranched alkanes of at least 4 members (excludes halogenated alkanes) is 1. The average Bonchev–Trinajstić information content (AvgIpc) is 2.41. The SMILES string of the molecule is SCCCCOC1CCCCCC1. The fourth-order valence-electron chi connectivity index (χ4n) is 1.87. The van der Waals surface area contributed by atoms with Crippen LogP contribution in [-0.4, -0.2) is 18.5 Å². The number of ether oxygens (including phenoxy) is 1. The fraction of sp³-hybridized carbons (Fsp3) is 1.00. The maximum Gasteiger partial charge on any atom is 0.0575 e. The third-order valence-corrected chi connectivity index (χ3v) is 3.02. The van der Waals surface area contributed by atoms with Crippen molar-refractivity contribution in [3.05, 3.63) is 0 Å². The van der Waals surface area contributed by atoms with Gasteiger partial charge in [-0.2, -0.15) is 12.6 Å². The van der Waals surface area contributed by atoms with Crippen molar-refractivity contribution in [3.63, 3.8) is 0 Å². The highest BCUT2D eigenvalue weighted by Crippen LogP contribution is 2.19. The first kappa shape index (κ1) is 11.4. The first-order chi connectivity index (χ1) is 6.43.